The molecule has 1 aromatic heterocycles. The van der Waals surface area contributed by atoms with Crippen molar-refractivity contribution >= 4 is 0 Å². The normalized spacial score (nSPS) is 21.3. The molecule has 0 radical (unpaired) electrons. The molecule has 1 aliphatic rings. The highest BCUT2D eigenvalue weighted by Gasteiger charge is 2.13. The molecule has 2 rings (SSSR count). The summed E-state index contributed by atoms with van der Waals surface area (Å²) in [5.41, 5.74) is 1.34. The number of ether oxygens (including phenoxy) is 1. The molecule has 0 saturated carbocycles. The predicted molar refractivity (Wildman–Crippen MR) is 55.2 cm³/mol. The van der Waals surface area contributed by atoms with Gasteiger partial charge in [0.05, 0.1) is 6.61 Å². The Balaban J connectivity index is 1.67. The summed E-state index contributed by atoms with van der Waals surface area (Å²) in [5.74, 6) is 0. The molecule has 0 aliphatic carbocycles. The first kappa shape index (κ1) is 9.62. The van der Waals surface area contributed by atoms with Gasteiger partial charge in [0.1, 0.15) is 0 Å². The Bertz CT molecular complexity index is 257. The summed E-state index contributed by atoms with van der Waals surface area (Å²) >= 11 is 0. The second kappa shape index (κ2) is 5.08. The van der Waals surface area contributed by atoms with Crippen LogP contribution in [0, 0.1) is 0 Å². The van der Waals surface area contributed by atoms with Crippen LogP contribution < -0.4 is 5.32 Å². The largest absolute Gasteiger partial charge is 0.380 e. The van der Waals surface area contributed by atoms with E-state index in [0.717, 1.165) is 32.6 Å². The Morgan fingerprint density at radius 3 is 3.00 bits per heavy atom. The molecule has 3 heteroatoms. The van der Waals surface area contributed by atoms with E-state index in [2.05, 4.69) is 22.4 Å². The van der Waals surface area contributed by atoms with Gasteiger partial charge < -0.3 is 10.1 Å². The van der Waals surface area contributed by atoms with Gasteiger partial charge in [-0.05, 0) is 37.1 Å². The summed E-state index contributed by atoms with van der Waals surface area (Å²) in [7, 11) is 0. The van der Waals surface area contributed by atoms with Crippen LogP contribution in [0.1, 0.15) is 12.0 Å². The standard InChI is InChI=1S/C11H16N2O/c1-5-12-6-2-10(1)3-7-13-11-4-8-14-9-11/h1-2,5-6,11,13H,3-4,7-9H2. The molecule has 1 fully saturated rings. The Kier molecular flexibility index (Phi) is 3.49. The van der Waals surface area contributed by atoms with Gasteiger partial charge in [0, 0.05) is 25.0 Å². The van der Waals surface area contributed by atoms with Crippen LogP contribution >= 0.6 is 0 Å². The van der Waals surface area contributed by atoms with E-state index in [-0.39, 0.29) is 0 Å². The maximum Gasteiger partial charge on any atom is 0.0620 e. The summed E-state index contributed by atoms with van der Waals surface area (Å²) in [6.07, 6.45) is 5.90. The van der Waals surface area contributed by atoms with Crippen molar-refractivity contribution in [2.45, 2.75) is 18.9 Å². The van der Waals surface area contributed by atoms with Gasteiger partial charge in [0.2, 0.25) is 0 Å². The molecule has 1 aromatic rings. The Labute approximate surface area is 84.5 Å². The van der Waals surface area contributed by atoms with Crippen molar-refractivity contribution < 1.29 is 4.74 Å². The van der Waals surface area contributed by atoms with Gasteiger partial charge in [-0.2, -0.15) is 0 Å². The minimum Gasteiger partial charge on any atom is -0.380 e. The Morgan fingerprint density at radius 1 is 1.43 bits per heavy atom. The Hall–Kier alpha value is -0.930. The first-order valence-corrected chi connectivity index (χ1v) is 5.15. The lowest BCUT2D eigenvalue weighted by molar-refractivity contribution is 0.190. The fraction of sp³-hybridized carbons (Fsp3) is 0.545. The van der Waals surface area contributed by atoms with Crippen LogP contribution in [0.15, 0.2) is 24.5 Å². The van der Waals surface area contributed by atoms with Crippen molar-refractivity contribution in [3.63, 3.8) is 0 Å². The lowest BCUT2D eigenvalue weighted by Crippen LogP contribution is -2.30. The topological polar surface area (TPSA) is 34.1 Å². The van der Waals surface area contributed by atoms with Gasteiger partial charge in [-0.25, -0.2) is 0 Å². The SMILES string of the molecule is c1cc(CCNC2CCOC2)ccn1. The van der Waals surface area contributed by atoms with E-state index < -0.39 is 0 Å². The molecular formula is C11H16N2O. The summed E-state index contributed by atoms with van der Waals surface area (Å²) in [6.45, 7) is 2.81. The van der Waals surface area contributed by atoms with E-state index in [9.17, 15) is 0 Å². The first-order chi connectivity index (χ1) is 6.95. The van der Waals surface area contributed by atoms with Gasteiger partial charge in [0.15, 0.2) is 0 Å². The Morgan fingerprint density at radius 2 is 2.29 bits per heavy atom. The molecule has 1 unspecified atom stereocenters. The van der Waals surface area contributed by atoms with Crippen LogP contribution in [-0.2, 0) is 11.2 Å². The number of rotatable bonds is 4. The van der Waals surface area contributed by atoms with Gasteiger partial charge >= 0.3 is 0 Å². The number of hydrogen-bond acceptors (Lipinski definition) is 3. The quantitative estimate of drug-likeness (QED) is 0.773. The maximum absolute atomic E-state index is 5.29. The third-order valence-corrected chi connectivity index (χ3v) is 2.53. The van der Waals surface area contributed by atoms with E-state index >= 15 is 0 Å². The molecule has 3 nitrogen and oxygen atoms in total. The zero-order valence-corrected chi connectivity index (χ0v) is 8.28. The van der Waals surface area contributed by atoms with Crippen molar-refractivity contribution in [3.8, 4) is 0 Å². The van der Waals surface area contributed by atoms with Gasteiger partial charge in [-0.1, -0.05) is 0 Å². The molecule has 14 heavy (non-hydrogen) atoms. The fourth-order valence-electron chi connectivity index (χ4n) is 1.67. The third-order valence-electron chi connectivity index (χ3n) is 2.53. The number of pyridine rings is 1. The molecule has 2 heterocycles. The van der Waals surface area contributed by atoms with Crippen molar-refractivity contribution in [1.29, 1.82) is 0 Å². The number of aromatic nitrogens is 1. The smallest absolute Gasteiger partial charge is 0.0620 e. The van der Waals surface area contributed by atoms with E-state index in [1.54, 1.807) is 0 Å². The maximum atomic E-state index is 5.29. The van der Waals surface area contributed by atoms with E-state index in [1.807, 2.05) is 12.4 Å². The molecular weight excluding hydrogens is 176 g/mol. The molecule has 0 spiro atoms. The molecule has 0 amide bonds. The molecule has 0 bridgehead atoms. The number of nitrogens with one attached hydrogen (secondary N) is 1. The minimum atomic E-state index is 0.567. The molecule has 1 N–H and O–H groups in total. The van der Waals surface area contributed by atoms with Gasteiger partial charge in [-0.15, -0.1) is 0 Å². The average Bonchev–Trinajstić information content (AvgIpc) is 2.72. The highest BCUT2D eigenvalue weighted by Crippen LogP contribution is 2.03. The van der Waals surface area contributed by atoms with E-state index in [0.29, 0.717) is 6.04 Å². The molecule has 0 aromatic carbocycles. The fourth-order valence-corrected chi connectivity index (χ4v) is 1.67. The third kappa shape index (κ3) is 2.79. The summed E-state index contributed by atoms with van der Waals surface area (Å²) < 4.78 is 5.29. The second-order valence-corrected chi connectivity index (χ2v) is 3.62. The van der Waals surface area contributed by atoms with Crippen LogP contribution in [0.3, 0.4) is 0 Å². The summed E-state index contributed by atoms with van der Waals surface area (Å²) in [5, 5.41) is 3.48. The summed E-state index contributed by atoms with van der Waals surface area (Å²) in [6, 6.07) is 4.69. The van der Waals surface area contributed by atoms with Crippen LogP contribution in [0.5, 0.6) is 0 Å². The van der Waals surface area contributed by atoms with Crippen molar-refractivity contribution in [2.75, 3.05) is 19.8 Å². The zero-order chi connectivity index (χ0) is 9.64. The molecule has 1 saturated heterocycles. The minimum absolute atomic E-state index is 0.567. The van der Waals surface area contributed by atoms with Gasteiger partial charge in [0.25, 0.3) is 0 Å². The highest BCUT2D eigenvalue weighted by atomic mass is 16.5. The zero-order valence-electron chi connectivity index (χ0n) is 8.28. The van der Waals surface area contributed by atoms with Gasteiger partial charge in [-0.3, -0.25) is 4.98 Å². The van der Waals surface area contributed by atoms with Crippen LogP contribution in [0.4, 0.5) is 0 Å². The summed E-state index contributed by atoms with van der Waals surface area (Å²) in [4.78, 5) is 3.99. The lowest BCUT2D eigenvalue weighted by atomic mass is 10.2. The van der Waals surface area contributed by atoms with E-state index in [1.165, 1.54) is 5.56 Å². The van der Waals surface area contributed by atoms with Crippen LogP contribution in [-0.4, -0.2) is 30.8 Å². The van der Waals surface area contributed by atoms with Crippen molar-refractivity contribution in [2.24, 2.45) is 0 Å². The first-order valence-electron chi connectivity index (χ1n) is 5.15. The molecule has 76 valence electrons. The lowest BCUT2D eigenvalue weighted by Gasteiger charge is -2.09. The van der Waals surface area contributed by atoms with Crippen LogP contribution in [0.2, 0.25) is 0 Å². The van der Waals surface area contributed by atoms with Crippen LogP contribution in [0.25, 0.3) is 0 Å². The molecule has 1 atom stereocenters. The number of nitrogens with zero attached hydrogens (tertiary/aromatic N) is 1. The average molecular weight is 192 g/mol. The predicted octanol–water partition coefficient (Wildman–Crippen LogP) is 1.00. The second-order valence-electron chi connectivity index (χ2n) is 3.62. The van der Waals surface area contributed by atoms with E-state index in [4.69, 9.17) is 4.74 Å². The molecule has 1 aliphatic heterocycles. The van der Waals surface area contributed by atoms with Crippen molar-refractivity contribution in [1.82, 2.24) is 10.3 Å². The highest BCUT2D eigenvalue weighted by molar-refractivity contribution is 5.09. The number of hydrogen-bond donors (Lipinski definition) is 1. The monoisotopic (exact) mass is 192 g/mol. The van der Waals surface area contributed by atoms with Crippen molar-refractivity contribution in [3.05, 3.63) is 30.1 Å².